The van der Waals surface area contributed by atoms with Crippen molar-refractivity contribution in [3.05, 3.63) is 0 Å². The average Bonchev–Trinajstić information content (AvgIpc) is 2.30. The highest BCUT2D eigenvalue weighted by molar-refractivity contribution is 4.87. The van der Waals surface area contributed by atoms with Crippen molar-refractivity contribution >= 4 is 0 Å². The molecule has 0 bridgehead atoms. The number of hydrogen-bond acceptors (Lipinski definition) is 3. The van der Waals surface area contributed by atoms with Crippen LogP contribution in [0.1, 0.15) is 39.0 Å². The van der Waals surface area contributed by atoms with Crippen LogP contribution in [-0.4, -0.2) is 47.8 Å². The van der Waals surface area contributed by atoms with Crippen LogP contribution in [0.5, 0.6) is 0 Å². The second-order valence-electron chi connectivity index (χ2n) is 5.02. The van der Waals surface area contributed by atoms with Crippen LogP contribution in [0.2, 0.25) is 0 Å². The van der Waals surface area contributed by atoms with Crippen molar-refractivity contribution in [3.63, 3.8) is 0 Å². The third-order valence-electron chi connectivity index (χ3n) is 3.93. The van der Waals surface area contributed by atoms with E-state index in [-0.39, 0.29) is 6.10 Å². The normalized spacial score (nSPS) is 32.8. The van der Waals surface area contributed by atoms with Crippen molar-refractivity contribution in [2.45, 2.75) is 57.2 Å². The Bertz CT molecular complexity index is 190. The molecule has 0 aromatic carbocycles. The molecule has 2 aliphatic heterocycles. The Balaban J connectivity index is 1.96. The van der Waals surface area contributed by atoms with E-state index in [4.69, 9.17) is 0 Å². The molecule has 0 aromatic heterocycles. The van der Waals surface area contributed by atoms with E-state index >= 15 is 0 Å². The van der Waals surface area contributed by atoms with E-state index in [1.54, 1.807) is 0 Å². The Labute approximate surface area is 92.8 Å². The summed E-state index contributed by atoms with van der Waals surface area (Å²) in [5.74, 6) is 0. The smallest absolute Gasteiger partial charge is 0.0667 e. The van der Waals surface area contributed by atoms with Gasteiger partial charge in [0.05, 0.1) is 6.10 Å². The highest BCUT2D eigenvalue weighted by atomic mass is 16.3. The molecule has 2 heterocycles. The molecule has 2 N–H and O–H groups in total. The molecule has 0 unspecified atom stereocenters. The molecule has 2 fully saturated rings. The zero-order valence-electron chi connectivity index (χ0n) is 9.78. The maximum Gasteiger partial charge on any atom is 0.0667 e. The summed E-state index contributed by atoms with van der Waals surface area (Å²) < 4.78 is 0. The first-order valence-electron chi connectivity index (χ1n) is 6.43. The predicted molar refractivity (Wildman–Crippen MR) is 61.9 cm³/mol. The Morgan fingerprint density at radius 2 is 1.93 bits per heavy atom. The van der Waals surface area contributed by atoms with Gasteiger partial charge in [0, 0.05) is 12.1 Å². The Hall–Kier alpha value is -0.120. The van der Waals surface area contributed by atoms with Crippen molar-refractivity contribution in [2.75, 3.05) is 19.6 Å². The molecule has 0 aliphatic carbocycles. The van der Waals surface area contributed by atoms with E-state index in [1.165, 1.54) is 38.6 Å². The van der Waals surface area contributed by atoms with Crippen molar-refractivity contribution in [1.82, 2.24) is 10.2 Å². The monoisotopic (exact) mass is 212 g/mol. The number of hydrogen-bond donors (Lipinski definition) is 2. The molecule has 3 heteroatoms. The molecular weight excluding hydrogens is 188 g/mol. The van der Waals surface area contributed by atoms with Crippen LogP contribution in [0.3, 0.4) is 0 Å². The fourth-order valence-electron chi connectivity index (χ4n) is 3.09. The quantitative estimate of drug-likeness (QED) is 0.716. The lowest BCUT2D eigenvalue weighted by Crippen LogP contribution is -2.53. The van der Waals surface area contributed by atoms with Gasteiger partial charge < -0.3 is 10.4 Å². The van der Waals surface area contributed by atoms with Crippen LogP contribution in [0.4, 0.5) is 0 Å². The van der Waals surface area contributed by atoms with Crippen molar-refractivity contribution in [3.8, 4) is 0 Å². The highest BCUT2D eigenvalue weighted by Gasteiger charge is 2.31. The molecular formula is C12H24N2O. The molecule has 2 atom stereocenters. The average molecular weight is 212 g/mol. The summed E-state index contributed by atoms with van der Waals surface area (Å²) in [6.07, 6.45) is 6.12. The van der Waals surface area contributed by atoms with Gasteiger partial charge in [-0.2, -0.15) is 0 Å². The molecule has 2 saturated heterocycles. The van der Waals surface area contributed by atoms with Gasteiger partial charge in [0.1, 0.15) is 0 Å². The molecule has 88 valence electrons. The van der Waals surface area contributed by atoms with Crippen LogP contribution in [0.15, 0.2) is 0 Å². The lowest BCUT2D eigenvalue weighted by atomic mass is 9.93. The zero-order valence-corrected chi connectivity index (χ0v) is 9.78. The van der Waals surface area contributed by atoms with E-state index in [0.717, 1.165) is 13.1 Å². The minimum atomic E-state index is -0.166. The molecule has 0 aromatic rings. The zero-order chi connectivity index (χ0) is 10.7. The number of nitrogens with one attached hydrogen (secondary N) is 1. The first-order chi connectivity index (χ1) is 7.29. The van der Waals surface area contributed by atoms with Crippen LogP contribution < -0.4 is 5.32 Å². The van der Waals surface area contributed by atoms with Gasteiger partial charge in [-0.25, -0.2) is 0 Å². The number of rotatable bonds is 2. The van der Waals surface area contributed by atoms with Gasteiger partial charge in [0.2, 0.25) is 0 Å². The topological polar surface area (TPSA) is 35.5 Å². The fraction of sp³-hybridized carbons (Fsp3) is 1.00. The number of nitrogens with zero attached hydrogens (tertiary/aromatic N) is 1. The minimum absolute atomic E-state index is 0.166. The summed E-state index contributed by atoms with van der Waals surface area (Å²) in [4.78, 5) is 2.58. The van der Waals surface area contributed by atoms with E-state index in [1.807, 2.05) is 6.92 Å². The number of likely N-dealkylation sites (tertiary alicyclic amines) is 1. The molecule has 2 rings (SSSR count). The van der Waals surface area contributed by atoms with Gasteiger partial charge in [-0.1, -0.05) is 6.42 Å². The second-order valence-corrected chi connectivity index (χ2v) is 5.02. The molecule has 0 saturated carbocycles. The van der Waals surface area contributed by atoms with Crippen molar-refractivity contribution in [2.24, 2.45) is 0 Å². The molecule has 0 radical (unpaired) electrons. The van der Waals surface area contributed by atoms with E-state index in [2.05, 4.69) is 10.2 Å². The summed E-state index contributed by atoms with van der Waals surface area (Å²) in [7, 11) is 0. The van der Waals surface area contributed by atoms with Crippen molar-refractivity contribution < 1.29 is 5.11 Å². The standard InChI is InChI=1S/C12H24N2O/c1-10(15)12-4-2-3-9-14(12)11-5-7-13-8-6-11/h10-13,15H,2-9H2,1H3/t10-,12+/m1/s1. The number of aliphatic hydroxyl groups excluding tert-OH is 1. The first kappa shape index (κ1) is 11.4. The lowest BCUT2D eigenvalue weighted by molar-refractivity contribution is 0.00154. The SMILES string of the molecule is C[C@@H](O)[C@@H]1CCCCN1C1CCNCC1. The predicted octanol–water partition coefficient (Wildman–Crippen LogP) is 0.974. The van der Waals surface area contributed by atoms with Gasteiger partial charge in [-0.15, -0.1) is 0 Å². The largest absolute Gasteiger partial charge is 0.392 e. The summed E-state index contributed by atoms with van der Waals surface area (Å²) >= 11 is 0. The highest BCUT2D eigenvalue weighted by Crippen LogP contribution is 2.25. The van der Waals surface area contributed by atoms with Gasteiger partial charge in [0.25, 0.3) is 0 Å². The Morgan fingerprint density at radius 3 is 2.60 bits per heavy atom. The third kappa shape index (κ3) is 2.71. The van der Waals surface area contributed by atoms with Crippen LogP contribution in [0.25, 0.3) is 0 Å². The summed E-state index contributed by atoms with van der Waals surface area (Å²) in [5, 5.41) is 13.2. The molecule has 0 amide bonds. The van der Waals surface area contributed by atoms with E-state index in [9.17, 15) is 5.11 Å². The van der Waals surface area contributed by atoms with Crippen LogP contribution >= 0.6 is 0 Å². The summed E-state index contributed by atoms with van der Waals surface area (Å²) in [6, 6.07) is 1.13. The fourth-order valence-corrected chi connectivity index (χ4v) is 3.09. The van der Waals surface area contributed by atoms with Gasteiger partial charge >= 0.3 is 0 Å². The summed E-state index contributed by atoms with van der Waals surface area (Å²) in [6.45, 7) is 5.44. The van der Waals surface area contributed by atoms with Crippen LogP contribution in [-0.2, 0) is 0 Å². The molecule has 2 aliphatic rings. The molecule has 15 heavy (non-hydrogen) atoms. The Kier molecular flexibility index (Phi) is 4.00. The van der Waals surface area contributed by atoms with Gasteiger partial charge in [-0.05, 0) is 52.2 Å². The van der Waals surface area contributed by atoms with E-state index in [0.29, 0.717) is 12.1 Å². The number of piperidine rings is 2. The second kappa shape index (κ2) is 5.28. The Morgan fingerprint density at radius 1 is 1.20 bits per heavy atom. The third-order valence-corrected chi connectivity index (χ3v) is 3.93. The minimum Gasteiger partial charge on any atom is -0.392 e. The number of aliphatic hydroxyl groups is 1. The van der Waals surface area contributed by atoms with Crippen LogP contribution in [0, 0.1) is 0 Å². The van der Waals surface area contributed by atoms with Gasteiger partial charge in [-0.3, -0.25) is 4.90 Å². The maximum atomic E-state index is 9.82. The lowest BCUT2D eigenvalue weighted by Gasteiger charge is -2.44. The summed E-state index contributed by atoms with van der Waals surface area (Å²) in [5.41, 5.74) is 0. The molecule has 0 spiro atoms. The molecule has 3 nitrogen and oxygen atoms in total. The van der Waals surface area contributed by atoms with Gasteiger partial charge in [0.15, 0.2) is 0 Å². The van der Waals surface area contributed by atoms with Crippen molar-refractivity contribution in [1.29, 1.82) is 0 Å². The maximum absolute atomic E-state index is 9.82. The first-order valence-corrected chi connectivity index (χ1v) is 6.43. The van der Waals surface area contributed by atoms with E-state index < -0.39 is 0 Å².